The van der Waals surface area contributed by atoms with Gasteiger partial charge in [0.2, 0.25) is 5.91 Å². The van der Waals surface area contributed by atoms with Gasteiger partial charge in [0.15, 0.2) is 0 Å². The van der Waals surface area contributed by atoms with E-state index in [4.69, 9.17) is 16.7 Å². The van der Waals surface area contributed by atoms with Crippen LogP contribution < -0.4 is 5.32 Å². The molecule has 0 aliphatic rings. The molecule has 2 unspecified atom stereocenters. The van der Waals surface area contributed by atoms with E-state index in [1.807, 2.05) is 26.0 Å². The minimum Gasteiger partial charge on any atom is -0.396 e. The topological polar surface area (TPSA) is 49.3 Å². The van der Waals surface area contributed by atoms with E-state index in [1.165, 1.54) is 0 Å². The van der Waals surface area contributed by atoms with Crippen LogP contribution in [0.4, 0.5) is 0 Å². The van der Waals surface area contributed by atoms with Gasteiger partial charge in [0, 0.05) is 17.7 Å². The highest BCUT2D eigenvalue weighted by molar-refractivity contribution is 6.30. The number of carbonyl (C=O) groups is 1. The number of nitrogens with one attached hydrogen (secondary N) is 1. The predicted octanol–water partition coefficient (Wildman–Crippen LogP) is 2.02. The molecule has 1 amide bonds. The number of hydrogen-bond acceptors (Lipinski definition) is 2. The maximum atomic E-state index is 11.7. The fraction of sp³-hybridized carbons (Fsp3) is 0.462. The van der Waals surface area contributed by atoms with Crippen molar-refractivity contribution in [3.63, 3.8) is 0 Å². The number of rotatable bonds is 5. The minimum atomic E-state index is -0.0555. The highest BCUT2D eigenvalue weighted by Gasteiger charge is 2.13. The van der Waals surface area contributed by atoms with Crippen LogP contribution in [-0.2, 0) is 11.2 Å². The number of aliphatic hydroxyl groups excluding tert-OH is 1. The predicted molar refractivity (Wildman–Crippen MR) is 69.0 cm³/mol. The summed E-state index contributed by atoms with van der Waals surface area (Å²) in [5, 5.41) is 12.5. The normalized spacial score (nSPS) is 14.1. The number of aliphatic hydroxyl groups is 1. The van der Waals surface area contributed by atoms with Crippen LogP contribution in [0.2, 0.25) is 5.02 Å². The third kappa shape index (κ3) is 4.75. The van der Waals surface area contributed by atoms with Crippen LogP contribution in [0.1, 0.15) is 19.4 Å². The first-order valence-electron chi connectivity index (χ1n) is 5.67. The first kappa shape index (κ1) is 14.0. The lowest BCUT2D eigenvalue weighted by Gasteiger charge is -2.19. The fourth-order valence-electron chi connectivity index (χ4n) is 1.44. The van der Waals surface area contributed by atoms with Crippen molar-refractivity contribution in [1.82, 2.24) is 5.32 Å². The molecule has 17 heavy (non-hydrogen) atoms. The van der Waals surface area contributed by atoms with Gasteiger partial charge in [-0.2, -0.15) is 0 Å². The summed E-state index contributed by atoms with van der Waals surface area (Å²) in [5.41, 5.74) is 0.888. The highest BCUT2D eigenvalue weighted by atomic mass is 35.5. The summed E-state index contributed by atoms with van der Waals surface area (Å²) in [7, 11) is 0. The maximum absolute atomic E-state index is 11.7. The number of benzene rings is 1. The van der Waals surface area contributed by atoms with E-state index < -0.39 is 0 Å². The molecule has 1 rings (SSSR count). The van der Waals surface area contributed by atoms with E-state index in [2.05, 4.69) is 5.32 Å². The number of hydrogen-bond donors (Lipinski definition) is 2. The molecular weight excluding hydrogens is 238 g/mol. The smallest absolute Gasteiger partial charge is 0.224 e. The molecule has 0 spiro atoms. The van der Waals surface area contributed by atoms with Crippen LogP contribution in [0.3, 0.4) is 0 Å². The van der Waals surface area contributed by atoms with Crippen LogP contribution in [0.15, 0.2) is 24.3 Å². The average molecular weight is 256 g/mol. The van der Waals surface area contributed by atoms with Crippen molar-refractivity contribution in [3.8, 4) is 0 Å². The van der Waals surface area contributed by atoms with Crippen molar-refractivity contribution in [2.24, 2.45) is 5.92 Å². The zero-order chi connectivity index (χ0) is 12.8. The molecule has 1 aromatic rings. The zero-order valence-corrected chi connectivity index (χ0v) is 10.9. The highest BCUT2D eigenvalue weighted by Crippen LogP contribution is 2.11. The van der Waals surface area contributed by atoms with E-state index in [1.54, 1.807) is 12.1 Å². The lowest BCUT2D eigenvalue weighted by Crippen LogP contribution is -2.39. The van der Waals surface area contributed by atoms with Gasteiger partial charge in [0.1, 0.15) is 0 Å². The van der Waals surface area contributed by atoms with Crippen LogP contribution in [0, 0.1) is 5.92 Å². The minimum absolute atomic E-state index is 0.0355. The van der Waals surface area contributed by atoms with Gasteiger partial charge in [-0.05, 0) is 30.5 Å². The van der Waals surface area contributed by atoms with Gasteiger partial charge in [0.25, 0.3) is 0 Å². The lowest BCUT2D eigenvalue weighted by molar-refractivity contribution is -0.121. The summed E-state index contributed by atoms with van der Waals surface area (Å²) in [6, 6.07) is 7.21. The molecule has 1 aromatic carbocycles. The van der Waals surface area contributed by atoms with Gasteiger partial charge in [-0.15, -0.1) is 0 Å². The summed E-state index contributed by atoms with van der Waals surface area (Å²) < 4.78 is 0. The Bertz CT molecular complexity index is 381. The average Bonchev–Trinajstić information content (AvgIpc) is 2.27. The first-order valence-corrected chi connectivity index (χ1v) is 6.05. The van der Waals surface area contributed by atoms with Crippen molar-refractivity contribution < 1.29 is 9.90 Å². The second kappa shape index (κ2) is 6.62. The fourth-order valence-corrected chi connectivity index (χ4v) is 1.65. The Hall–Kier alpha value is -1.06. The van der Waals surface area contributed by atoms with Crippen molar-refractivity contribution in [3.05, 3.63) is 34.9 Å². The molecule has 0 aromatic heterocycles. The number of amides is 1. The molecule has 2 atom stereocenters. The number of halogens is 1. The first-order chi connectivity index (χ1) is 8.02. The van der Waals surface area contributed by atoms with E-state index in [0.717, 1.165) is 5.56 Å². The van der Waals surface area contributed by atoms with Crippen LogP contribution >= 0.6 is 11.6 Å². The molecule has 94 valence electrons. The molecule has 0 bridgehead atoms. The summed E-state index contributed by atoms with van der Waals surface area (Å²) in [4.78, 5) is 11.7. The van der Waals surface area contributed by atoms with Crippen molar-refractivity contribution in [2.45, 2.75) is 26.3 Å². The quantitative estimate of drug-likeness (QED) is 0.846. The van der Waals surface area contributed by atoms with Crippen LogP contribution in [0.25, 0.3) is 0 Å². The SMILES string of the molecule is CC(CO)C(C)NC(=O)Cc1cccc(Cl)c1. The van der Waals surface area contributed by atoms with Gasteiger partial charge >= 0.3 is 0 Å². The second-order valence-corrected chi connectivity index (χ2v) is 4.76. The summed E-state index contributed by atoms with van der Waals surface area (Å²) in [6.45, 7) is 3.85. The van der Waals surface area contributed by atoms with E-state index in [0.29, 0.717) is 11.4 Å². The standard InChI is InChI=1S/C13H18ClNO2/c1-9(8-16)10(2)15-13(17)7-11-4-3-5-12(14)6-11/h3-6,9-10,16H,7-8H2,1-2H3,(H,15,17). The molecule has 4 heteroatoms. The number of carbonyl (C=O) groups excluding carboxylic acids is 1. The van der Waals surface area contributed by atoms with E-state index in [-0.39, 0.29) is 24.5 Å². The summed E-state index contributed by atoms with van der Waals surface area (Å²) >= 11 is 5.84. The Morgan fingerprint density at radius 2 is 2.18 bits per heavy atom. The van der Waals surface area contributed by atoms with Gasteiger partial charge in [-0.25, -0.2) is 0 Å². The Balaban J connectivity index is 2.50. The largest absolute Gasteiger partial charge is 0.396 e. The Morgan fingerprint density at radius 3 is 2.76 bits per heavy atom. The third-order valence-corrected chi connectivity index (χ3v) is 3.02. The molecule has 0 aliphatic carbocycles. The molecule has 0 radical (unpaired) electrons. The Kier molecular flexibility index (Phi) is 5.45. The molecule has 0 saturated heterocycles. The van der Waals surface area contributed by atoms with Crippen LogP contribution in [-0.4, -0.2) is 23.7 Å². The molecule has 0 fully saturated rings. The van der Waals surface area contributed by atoms with Crippen molar-refractivity contribution in [2.75, 3.05) is 6.61 Å². The third-order valence-electron chi connectivity index (χ3n) is 2.78. The molecule has 0 aliphatic heterocycles. The summed E-state index contributed by atoms with van der Waals surface area (Å²) in [6.07, 6.45) is 0.309. The second-order valence-electron chi connectivity index (χ2n) is 4.32. The van der Waals surface area contributed by atoms with Crippen molar-refractivity contribution >= 4 is 17.5 Å². The van der Waals surface area contributed by atoms with Gasteiger partial charge in [-0.1, -0.05) is 30.7 Å². The molecule has 3 nitrogen and oxygen atoms in total. The molecule has 2 N–H and O–H groups in total. The Morgan fingerprint density at radius 1 is 1.47 bits per heavy atom. The molecule has 0 saturated carbocycles. The molecular formula is C13H18ClNO2. The van der Waals surface area contributed by atoms with Gasteiger partial charge < -0.3 is 10.4 Å². The monoisotopic (exact) mass is 255 g/mol. The van der Waals surface area contributed by atoms with Crippen molar-refractivity contribution in [1.29, 1.82) is 0 Å². The van der Waals surface area contributed by atoms with E-state index >= 15 is 0 Å². The summed E-state index contributed by atoms with van der Waals surface area (Å²) in [5.74, 6) is -0.00150. The van der Waals surface area contributed by atoms with Gasteiger partial charge in [-0.3, -0.25) is 4.79 Å². The lowest BCUT2D eigenvalue weighted by atomic mass is 10.0. The van der Waals surface area contributed by atoms with E-state index in [9.17, 15) is 4.79 Å². The Labute approximate surface area is 107 Å². The zero-order valence-electron chi connectivity index (χ0n) is 10.1. The molecule has 0 heterocycles. The maximum Gasteiger partial charge on any atom is 0.224 e. The van der Waals surface area contributed by atoms with Crippen LogP contribution in [0.5, 0.6) is 0 Å². The van der Waals surface area contributed by atoms with Gasteiger partial charge in [0.05, 0.1) is 6.42 Å².